The molecule has 1 aliphatic rings. The molecular formula is C20H26N4O3S. The summed E-state index contributed by atoms with van der Waals surface area (Å²) in [4.78, 5) is 27.2. The fourth-order valence-electron chi connectivity index (χ4n) is 3.29. The number of rotatable bonds is 7. The summed E-state index contributed by atoms with van der Waals surface area (Å²) in [5.41, 5.74) is 1.66. The molecule has 1 saturated heterocycles. The van der Waals surface area contributed by atoms with E-state index in [-0.39, 0.29) is 11.8 Å². The first-order valence-corrected chi connectivity index (χ1v) is 10.4. The Labute approximate surface area is 169 Å². The van der Waals surface area contributed by atoms with Crippen LogP contribution in [0.3, 0.4) is 0 Å². The van der Waals surface area contributed by atoms with Crippen LogP contribution in [0.2, 0.25) is 0 Å². The Balaban J connectivity index is 1.39. The van der Waals surface area contributed by atoms with Crippen LogP contribution in [0, 0.1) is 12.8 Å². The lowest BCUT2D eigenvalue weighted by Gasteiger charge is -2.31. The van der Waals surface area contributed by atoms with Gasteiger partial charge in [-0.2, -0.15) is 0 Å². The van der Waals surface area contributed by atoms with E-state index in [1.54, 1.807) is 0 Å². The first-order valence-electron chi connectivity index (χ1n) is 9.63. The number of benzene rings is 1. The lowest BCUT2D eigenvalue weighted by molar-refractivity contribution is -0.120. The summed E-state index contributed by atoms with van der Waals surface area (Å²) in [5, 5.41) is 6.94. The molecule has 0 spiro atoms. The number of carbonyl (C=O) groups excluding carboxylic acids is 2. The number of nitrogens with one attached hydrogen (secondary N) is 1. The minimum Gasteiger partial charge on any atom is -0.494 e. The zero-order valence-electron chi connectivity index (χ0n) is 16.3. The lowest BCUT2D eigenvalue weighted by Crippen LogP contribution is -2.41. The molecule has 8 heteroatoms. The van der Waals surface area contributed by atoms with Crippen LogP contribution in [0.25, 0.3) is 0 Å². The standard InChI is InChI=1S/C20H26N4O3S/c1-3-27-17-6-4-15(5-7-17)12-18(25)21-13-16-8-10-24(11-9-16)20(26)19-14(2)22-23-28-19/h4-7,16H,3,8-13H2,1-2H3,(H,21,25). The van der Waals surface area contributed by atoms with Crippen LogP contribution in [-0.2, 0) is 11.2 Å². The molecule has 0 atom stereocenters. The molecule has 7 nitrogen and oxygen atoms in total. The van der Waals surface area contributed by atoms with Crippen LogP contribution in [0.5, 0.6) is 5.75 Å². The van der Waals surface area contributed by atoms with Crippen LogP contribution in [-0.4, -0.2) is 52.5 Å². The Bertz CT molecular complexity index is 798. The molecule has 28 heavy (non-hydrogen) atoms. The van der Waals surface area contributed by atoms with Gasteiger partial charge in [0.25, 0.3) is 5.91 Å². The summed E-state index contributed by atoms with van der Waals surface area (Å²) in [6.07, 6.45) is 2.14. The molecule has 150 valence electrons. The molecular weight excluding hydrogens is 376 g/mol. The van der Waals surface area contributed by atoms with Gasteiger partial charge in [0.1, 0.15) is 10.6 Å². The first-order chi connectivity index (χ1) is 13.6. The van der Waals surface area contributed by atoms with Crippen LogP contribution >= 0.6 is 11.5 Å². The van der Waals surface area contributed by atoms with Crippen LogP contribution in [0.15, 0.2) is 24.3 Å². The predicted molar refractivity (Wildman–Crippen MR) is 108 cm³/mol. The van der Waals surface area contributed by atoms with E-state index in [0.29, 0.717) is 49.2 Å². The van der Waals surface area contributed by atoms with E-state index in [0.717, 1.165) is 35.7 Å². The van der Waals surface area contributed by atoms with Gasteiger partial charge in [-0.1, -0.05) is 16.6 Å². The fraction of sp³-hybridized carbons (Fsp3) is 0.500. The van der Waals surface area contributed by atoms with Crippen molar-refractivity contribution in [2.75, 3.05) is 26.2 Å². The van der Waals surface area contributed by atoms with E-state index in [1.165, 1.54) is 0 Å². The summed E-state index contributed by atoms with van der Waals surface area (Å²) in [6.45, 7) is 6.44. The van der Waals surface area contributed by atoms with Gasteiger partial charge in [-0.3, -0.25) is 9.59 Å². The van der Waals surface area contributed by atoms with E-state index < -0.39 is 0 Å². The second-order valence-electron chi connectivity index (χ2n) is 6.98. The first kappa shape index (κ1) is 20.3. The number of hydrogen-bond donors (Lipinski definition) is 1. The van der Waals surface area contributed by atoms with Crippen molar-refractivity contribution in [1.29, 1.82) is 0 Å². The van der Waals surface area contributed by atoms with Crippen LogP contribution < -0.4 is 10.1 Å². The number of amides is 2. The number of hydrogen-bond acceptors (Lipinski definition) is 6. The number of ether oxygens (including phenoxy) is 1. The SMILES string of the molecule is CCOc1ccc(CC(=O)NCC2CCN(C(=O)c3snnc3C)CC2)cc1. The van der Waals surface area contributed by atoms with Crippen molar-refractivity contribution in [3.8, 4) is 5.75 Å². The molecule has 1 N–H and O–H groups in total. The normalized spacial score (nSPS) is 14.7. The van der Waals surface area contributed by atoms with Crippen molar-refractivity contribution in [3.63, 3.8) is 0 Å². The molecule has 0 saturated carbocycles. The monoisotopic (exact) mass is 402 g/mol. The van der Waals surface area contributed by atoms with Gasteiger partial charge >= 0.3 is 0 Å². The van der Waals surface area contributed by atoms with Crippen molar-refractivity contribution in [3.05, 3.63) is 40.4 Å². The van der Waals surface area contributed by atoms with Crippen molar-refractivity contribution < 1.29 is 14.3 Å². The third kappa shape index (κ3) is 5.28. The minimum absolute atomic E-state index is 0.0190. The van der Waals surface area contributed by atoms with Crippen LogP contribution in [0.4, 0.5) is 0 Å². The molecule has 0 bridgehead atoms. The highest BCUT2D eigenvalue weighted by Gasteiger charge is 2.26. The van der Waals surface area contributed by atoms with Gasteiger partial charge in [-0.25, -0.2) is 0 Å². The zero-order chi connectivity index (χ0) is 19.9. The lowest BCUT2D eigenvalue weighted by atomic mass is 9.96. The largest absolute Gasteiger partial charge is 0.494 e. The van der Waals surface area contributed by atoms with Gasteiger partial charge in [0, 0.05) is 19.6 Å². The summed E-state index contributed by atoms with van der Waals surface area (Å²) in [7, 11) is 0. The third-order valence-corrected chi connectivity index (χ3v) is 5.75. The molecule has 1 fully saturated rings. The second-order valence-corrected chi connectivity index (χ2v) is 7.73. The maximum absolute atomic E-state index is 12.5. The van der Waals surface area contributed by atoms with Gasteiger partial charge < -0.3 is 15.0 Å². The molecule has 2 amide bonds. The smallest absolute Gasteiger partial charge is 0.267 e. The molecule has 0 unspecified atom stereocenters. The van der Waals surface area contributed by atoms with E-state index in [2.05, 4.69) is 14.9 Å². The predicted octanol–water partition coefficient (Wildman–Crippen LogP) is 2.46. The highest BCUT2D eigenvalue weighted by molar-refractivity contribution is 7.07. The molecule has 2 heterocycles. The molecule has 1 aliphatic heterocycles. The Morgan fingerprint density at radius 1 is 1.25 bits per heavy atom. The molecule has 2 aromatic rings. The number of aromatic nitrogens is 2. The van der Waals surface area contributed by atoms with Gasteiger partial charge in [-0.05, 0) is 61.8 Å². The summed E-state index contributed by atoms with van der Waals surface area (Å²) in [5.74, 6) is 1.26. The molecule has 1 aromatic heterocycles. The summed E-state index contributed by atoms with van der Waals surface area (Å²) < 4.78 is 9.25. The maximum atomic E-state index is 12.5. The highest BCUT2D eigenvalue weighted by atomic mass is 32.1. The third-order valence-electron chi connectivity index (χ3n) is 4.93. The summed E-state index contributed by atoms with van der Waals surface area (Å²) >= 11 is 1.15. The number of carbonyl (C=O) groups is 2. The topological polar surface area (TPSA) is 84.4 Å². The number of nitrogens with zero attached hydrogens (tertiary/aromatic N) is 3. The highest BCUT2D eigenvalue weighted by Crippen LogP contribution is 2.20. The van der Waals surface area contributed by atoms with Crippen molar-refractivity contribution >= 4 is 23.3 Å². The Kier molecular flexibility index (Phi) is 6.97. The Morgan fingerprint density at radius 3 is 2.57 bits per heavy atom. The number of piperidine rings is 1. The van der Waals surface area contributed by atoms with Gasteiger partial charge in [0.15, 0.2) is 0 Å². The fourth-order valence-corrected chi connectivity index (χ4v) is 3.91. The molecule has 0 aliphatic carbocycles. The second kappa shape index (κ2) is 9.64. The van der Waals surface area contributed by atoms with E-state index in [4.69, 9.17) is 4.74 Å². The van der Waals surface area contributed by atoms with Crippen molar-refractivity contribution in [2.24, 2.45) is 5.92 Å². The Hall–Kier alpha value is -2.48. The zero-order valence-corrected chi connectivity index (χ0v) is 17.1. The number of aryl methyl sites for hydroxylation is 1. The maximum Gasteiger partial charge on any atom is 0.267 e. The Morgan fingerprint density at radius 2 is 1.96 bits per heavy atom. The quantitative estimate of drug-likeness (QED) is 0.769. The number of likely N-dealkylation sites (tertiary alicyclic amines) is 1. The van der Waals surface area contributed by atoms with E-state index in [1.807, 2.05) is 43.0 Å². The molecule has 1 aromatic carbocycles. The summed E-state index contributed by atoms with van der Waals surface area (Å²) in [6, 6.07) is 7.62. The van der Waals surface area contributed by atoms with E-state index >= 15 is 0 Å². The van der Waals surface area contributed by atoms with Gasteiger partial charge in [0.2, 0.25) is 5.91 Å². The van der Waals surface area contributed by atoms with Gasteiger partial charge in [0.05, 0.1) is 18.7 Å². The van der Waals surface area contributed by atoms with Crippen LogP contribution in [0.1, 0.15) is 40.7 Å². The minimum atomic E-state index is 0.0190. The van der Waals surface area contributed by atoms with E-state index in [9.17, 15) is 9.59 Å². The van der Waals surface area contributed by atoms with Crippen molar-refractivity contribution in [2.45, 2.75) is 33.1 Å². The van der Waals surface area contributed by atoms with Gasteiger partial charge in [-0.15, -0.1) is 5.10 Å². The average Bonchev–Trinajstić information content (AvgIpc) is 3.14. The molecule has 3 rings (SSSR count). The molecule has 0 radical (unpaired) electrons. The average molecular weight is 403 g/mol. The van der Waals surface area contributed by atoms with Crippen molar-refractivity contribution in [1.82, 2.24) is 19.8 Å².